The van der Waals surface area contributed by atoms with E-state index in [-0.39, 0.29) is 0 Å². The van der Waals surface area contributed by atoms with Crippen LogP contribution in [-0.2, 0) is 0 Å². The average molecular weight is 805 g/mol. The quantitative estimate of drug-likeness (QED) is 0.153. The summed E-state index contributed by atoms with van der Waals surface area (Å²) in [7, 11) is 0. The summed E-state index contributed by atoms with van der Waals surface area (Å²) in [6, 6.07) is 87.1. The Morgan fingerprint density at radius 3 is 1.52 bits per heavy atom. The Balaban J connectivity index is 0.989. The number of nitrogens with zero attached hydrogens (tertiary/aromatic N) is 2. The van der Waals surface area contributed by atoms with Gasteiger partial charge in [0.2, 0.25) is 0 Å². The molecule has 0 N–H and O–H groups in total. The first-order valence-electron chi connectivity index (χ1n) is 21.5. The lowest BCUT2D eigenvalue weighted by atomic mass is 9.99. The minimum atomic E-state index is 0.900. The molecule has 0 aliphatic rings. The van der Waals surface area contributed by atoms with Crippen LogP contribution in [0, 0.1) is 0 Å². The second-order valence-electron chi connectivity index (χ2n) is 16.1. The molecule has 0 spiro atoms. The Kier molecular flexibility index (Phi) is 8.83. The normalized spacial score (nSPS) is 11.5. The minimum Gasteiger partial charge on any atom is -0.455 e. The third kappa shape index (κ3) is 6.38. The summed E-state index contributed by atoms with van der Waals surface area (Å²) in [5, 5.41) is 4.75. The van der Waals surface area contributed by atoms with E-state index in [1.807, 2.05) is 12.1 Å². The van der Waals surface area contributed by atoms with Crippen LogP contribution in [0.3, 0.4) is 0 Å². The van der Waals surface area contributed by atoms with Crippen molar-refractivity contribution in [3.8, 4) is 50.2 Å². The van der Waals surface area contributed by atoms with Crippen molar-refractivity contribution in [2.45, 2.75) is 0 Å². The van der Waals surface area contributed by atoms with Crippen LogP contribution in [0.1, 0.15) is 0 Å². The summed E-state index contributed by atoms with van der Waals surface area (Å²) in [5.74, 6) is 0. The molecule has 0 aliphatic carbocycles. The summed E-state index contributed by atoms with van der Waals surface area (Å²) in [5.41, 5.74) is 17.7. The molecule has 0 unspecified atom stereocenters. The Morgan fingerprint density at radius 1 is 0.302 bits per heavy atom. The van der Waals surface area contributed by atoms with Gasteiger partial charge in [-0.25, -0.2) is 0 Å². The van der Waals surface area contributed by atoms with Gasteiger partial charge in [0.25, 0.3) is 0 Å². The largest absolute Gasteiger partial charge is 0.455 e. The molecule has 63 heavy (non-hydrogen) atoms. The molecule has 0 aliphatic heterocycles. The first-order chi connectivity index (χ1) is 31.2. The van der Waals surface area contributed by atoms with Crippen molar-refractivity contribution in [2.24, 2.45) is 0 Å². The predicted molar refractivity (Wildman–Crippen MR) is 264 cm³/mol. The Bertz CT molecular complexity index is 3560. The number of furan rings is 1. The Labute approximate surface area is 366 Å². The number of benzene rings is 10. The molecule has 12 rings (SSSR count). The predicted octanol–water partition coefficient (Wildman–Crippen LogP) is 16.8. The fourth-order valence-electron chi connectivity index (χ4n) is 9.43. The SMILES string of the molecule is c1ccc(-c2ccc(-c3cccc(N(c4ccc(-c5cccc6c5oc5ccccc56)cc4)c4cccc(-c5ccccc5-n5c6ccccc6c6ccccc65)c4)c3)cc2)cc1. The number of anilines is 3. The summed E-state index contributed by atoms with van der Waals surface area (Å²) >= 11 is 0. The highest BCUT2D eigenvalue weighted by Gasteiger charge is 2.19. The highest BCUT2D eigenvalue weighted by Crippen LogP contribution is 2.42. The van der Waals surface area contributed by atoms with Crippen LogP contribution in [0.25, 0.3) is 93.9 Å². The lowest BCUT2D eigenvalue weighted by Gasteiger charge is -2.27. The molecule has 0 saturated carbocycles. The van der Waals surface area contributed by atoms with E-state index in [0.29, 0.717) is 0 Å². The zero-order chi connectivity index (χ0) is 41.7. The minimum absolute atomic E-state index is 0.900. The highest BCUT2D eigenvalue weighted by molar-refractivity contribution is 6.11. The number of hydrogen-bond donors (Lipinski definition) is 0. The van der Waals surface area contributed by atoms with Gasteiger partial charge in [-0.05, 0) is 94.0 Å². The third-order valence-electron chi connectivity index (χ3n) is 12.4. The summed E-state index contributed by atoms with van der Waals surface area (Å²) < 4.78 is 8.88. The molecule has 3 heteroatoms. The molecule has 2 heterocycles. The fourth-order valence-corrected chi connectivity index (χ4v) is 9.43. The first-order valence-corrected chi connectivity index (χ1v) is 21.5. The molecule has 3 nitrogen and oxygen atoms in total. The highest BCUT2D eigenvalue weighted by atomic mass is 16.3. The van der Waals surface area contributed by atoms with E-state index < -0.39 is 0 Å². The van der Waals surface area contributed by atoms with Crippen LogP contribution in [-0.4, -0.2) is 4.57 Å². The van der Waals surface area contributed by atoms with Gasteiger partial charge in [0.15, 0.2) is 0 Å². The maximum Gasteiger partial charge on any atom is 0.143 e. The van der Waals surface area contributed by atoms with Crippen LogP contribution in [0.2, 0.25) is 0 Å². The molecule has 12 aromatic rings. The number of para-hydroxylation sites is 5. The zero-order valence-electron chi connectivity index (χ0n) is 34.4. The molecule has 0 bridgehead atoms. The topological polar surface area (TPSA) is 21.3 Å². The average Bonchev–Trinajstić information content (AvgIpc) is 3.91. The number of aromatic nitrogens is 1. The number of rotatable bonds is 8. The van der Waals surface area contributed by atoms with Crippen molar-refractivity contribution in [3.05, 3.63) is 243 Å². The molecular formula is C60H40N2O. The molecule has 0 fully saturated rings. The Hall–Kier alpha value is -8.40. The molecule has 2 aromatic heterocycles. The van der Waals surface area contributed by atoms with Gasteiger partial charge < -0.3 is 13.9 Å². The number of hydrogen-bond acceptors (Lipinski definition) is 2. The first kappa shape index (κ1) is 36.5. The van der Waals surface area contributed by atoms with Gasteiger partial charge in [-0.15, -0.1) is 0 Å². The van der Waals surface area contributed by atoms with Gasteiger partial charge in [0, 0.05) is 49.7 Å². The fraction of sp³-hybridized carbons (Fsp3) is 0. The van der Waals surface area contributed by atoms with Crippen molar-refractivity contribution in [1.82, 2.24) is 4.57 Å². The molecule has 0 radical (unpaired) electrons. The second-order valence-corrected chi connectivity index (χ2v) is 16.1. The van der Waals surface area contributed by atoms with Crippen molar-refractivity contribution >= 4 is 60.8 Å². The molecule has 0 atom stereocenters. The molecule has 0 saturated heterocycles. The number of fused-ring (bicyclic) bond motifs is 6. The maximum atomic E-state index is 6.47. The van der Waals surface area contributed by atoms with Crippen LogP contribution < -0.4 is 4.90 Å². The van der Waals surface area contributed by atoms with E-state index >= 15 is 0 Å². The van der Waals surface area contributed by atoms with Crippen molar-refractivity contribution in [1.29, 1.82) is 0 Å². The van der Waals surface area contributed by atoms with Gasteiger partial charge in [-0.1, -0.05) is 182 Å². The standard InChI is InChI=1S/C60H40N2O/c1-2-15-41(16-3-1)42-31-33-43(34-32-42)45-17-12-19-48(39-45)61(47-37-35-44(36-38-47)51-25-14-26-55-54-24-7-11-30-59(54)63-60(51)55)49-20-13-18-46(40-49)50-21-4-8-27-56(50)62-57-28-9-5-22-52(57)53-23-6-10-29-58(53)62/h1-40H. The van der Waals surface area contributed by atoms with E-state index in [1.165, 1.54) is 38.5 Å². The van der Waals surface area contributed by atoms with Gasteiger partial charge in [0.05, 0.1) is 16.7 Å². The van der Waals surface area contributed by atoms with E-state index in [4.69, 9.17) is 4.42 Å². The zero-order valence-corrected chi connectivity index (χ0v) is 34.4. The van der Waals surface area contributed by atoms with Crippen LogP contribution in [0.4, 0.5) is 17.1 Å². The van der Waals surface area contributed by atoms with Crippen LogP contribution in [0.5, 0.6) is 0 Å². The smallest absolute Gasteiger partial charge is 0.143 e. The molecular weight excluding hydrogens is 765 g/mol. The van der Waals surface area contributed by atoms with Crippen LogP contribution >= 0.6 is 0 Å². The van der Waals surface area contributed by atoms with E-state index in [0.717, 1.165) is 72.5 Å². The van der Waals surface area contributed by atoms with Crippen molar-refractivity contribution in [2.75, 3.05) is 4.90 Å². The molecule has 10 aromatic carbocycles. The van der Waals surface area contributed by atoms with E-state index in [2.05, 4.69) is 240 Å². The van der Waals surface area contributed by atoms with E-state index in [9.17, 15) is 0 Å². The van der Waals surface area contributed by atoms with Gasteiger partial charge in [-0.3, -0.25) is 0 Å². The van der Waals surface area contributed by atoms with Crippen LogP contribution in [0.15, 0.2) is 247 Å². The third-order valence-corrected chi connectivity index (χ3v) is 12.4. The molecule has 296 valence electrons. The van der Waals surface area contributed by atoms with Gasteiger partial charge >= 0.3 is 0 Å². The lowest BCUT2D eigenvalue weighted by Crippen LogP contribution is -2.10. The maximum absolute atomic E-state index is 6.47. The van der Waals surface area contributed by atoms with Gasteiger partial charge in [0.1, 0.15) is 11.2 Å². The van der Waals surface area contributed by atoms with Crippen molar-refractivity contribution < 1.29 is 4.42 Å². The summed E-state index contributed by atoms with van der Waals surface area (Å²) in [6.07, 6.45) is 0. The summed E-state index contributed by atoms with van der Waals surface area (Å²) in [4.78, 5) is 2.37. The lowest BCUT2D eigenvalue weighted by molar-refractivity contribution is 0.670. The molecule has 0 amide bonds. The second kappa shape index (κ2) is 15.3. The van der Waals surface area contributed by atoms with Crippen molar-refractivity contribution in [3.63, 3.8) is 0 Å². The van der Waals surface area contributed by atoms with E-state index in [1.54, 1.807) is 0 Å². The Morgan fingerprint density at radius 2 is 0.794 bits per heavy atom. The monoisotopic (exact) mass is 804 g/mol. The van der Waals surface area contributed by atoms with Gasteiger partial charge in [-0.2, -0.15) is 0 Å². The summed E-state index contributed by atoms with van der Waals surface area (Å²) in [6.45, 7) is 0.